The van der Waals surface area contributed by atoms with Gasteiger partial charge in [0.1, 0.15) is 5.75 Å². The average Bonchev–Trinajstić information content (AvgIpc) is 2.90. The Morgan fingerprint density at radius 3 is 3.00 bits per heavy atom. The van der Waals surface area contributed by atoms with Crippen LogP contribution in [0.1, 0.15) is 29.0 Å². The SMILES string of the molecule is COc1ccc(/C=N/Nc2nc3c(s2)CCCC3)cc1Br. The summed E-state index contributed by atoms with van der Waals surface area (Å²) in [5, 5.41) is 5.14. The largest absolute Gasteiger partial charge is 0.496 e. The maximum atomic E-state index is 5.20. The molecule has 0 unspecified atom stereocenters. The molecule has 1 aromatic carbocycles. The first-order valence-electron chi connectivity index (χ1n) is 6.87. The van der Waals surface area contributed by atoms with Crippen molar-refractivity contribution in [2.45, 2.75) is 25.7 Å². The van der Waals surface area contributed by atoms with E-state index in [4.69, 9.17) is 4.74 Å². The molecule has 6 heteroatoms. The number of ether oxygens (including phenoxy) is 1. The minimum absolute atomic E-state index is 0.813. The Bertz CT molecular complexity index is 645. The van der Waals surface area contributed by atoms with Gasteiger partial charge in [-0.2, -0.15) is 5.10 Å². The first-order valence-corrected chi connectivity index (χ1v) is 8.48. The molecule has 0 amide bonds. The second kappa shape index (κ2) is 6.58. The van der Waals surface area contributed by atoms with Crippen LogP contribution in [-0.2, 0) is 12.8 Å². The summed E-state index contributed by atoms with van der Waals surface area (Å²) in [5.74, 6) is 0.813. The summed E-state index contributed by atoms with van der Waals surface area (Å²) >= 11 is 5.18. The third-order valence-electron chi connectivity index (χ3n) is 3.40. The monoisotopic (exact) mass is 365 g/mol. The summed E-state index contributed by atoms with van der Waals surface area (Å²) < 4.78 is 6.12. The van der Waals surface area contributed by atoms with Crippen molar-refractivity contribution in [2.24, 2.45) is 5.10 Å². The summed E-state index contributed by atoms with van der Waals surface area (Å²) in [6, 6.07) is 5.84. The van der Waals surface area contributed by atoms with E-state index in [0.717, 1.165) is 33.8 Å². The molecule has 3 rings (SSSR count). The Morgan fingerprint density at radius 2 is 2.24 bits per heavy atom. The van der Waals surface area contributed by atoms with Crippen molar-refractivity contribution in [2.75, 3.05) is 12.5 Å². The van der Waals surface area contributed by atoms with Gasteiger partial charge in [-0.3, -0.25) is 5.43 Å². The molecule has 1 aliphatic carbocycles. The molecule has 1 aliphatic rings. The number of benzene rings is 1. The third kappa shape index (κ3) is 3.44. The number of anilines is 1. The number of aromatic nitrogens is 1. The fourth-order valence-electron chi connectivity index (χ4n) is 2.32. The normalized spacial score (nSPS) is 14.2. The van der Waals surface area contributed by atoms with Gasteiger partial charge in [0.2, 0.25) is 5.13 Å². The summed E-state index contributed by atoms with van der Waals surface area (Å²) in [7, 11) is 1.65. The van der Waals surface area contributed by atoms with Crippen LogP contribution in [0.4, 0.5) is 5.13 Å². The topological polar surface area (TPSA) is 46.5 Å². The van der Waals surface area contributed by atoms with E-state index in [1.54, 1.807) is 24.7 Å². The number of thiazole rings is 1. The van der Waals surface area contributed by atoms with Crippen LogP contribution in [0.3, 0.4) is 0 Å². The van der Waals surface area contributed by atoms with Crippen molar-refractivity contribution >= 4 is 38.6 Å². The lowest BCUT2D eigenvalue weighted by molar-refractivity contribution is 0.412. The Morgan fingerprint density at radius 1 is 1.38 bits per heavy atom. The van der Waals surface area contributed by atoms with E-state index in [0.29, 0.717) is 0 Å². The number of hydrogen-bond donors (Lipinski definition) is 1. The first-order chi connectivity index (χ1) is 10.3. The zero-order chi connectivity index (χ0) is 14.7. The van der Waals surface area contributed by atoms with Gasteiger partial charge >= 0.3 is 0 Å². The zero-order valence-electron chi connectivity index (χ0n) is 11.7. The number of hydrazone groups is 1. The highest BCUT2D eigenvalue weighted by Crippen LogP contribution is 2.29. The maximum Gasteiger partial charge on any atom is 0.203 e. The number of aryl methyl sites for hydroxylation is 2. The van der Waals surface area contributed by atoms with Gasteiger partial charge in [-0.05, 0) is 65.4 Å². The van der Waals surface area contributed by atoms with Crippen LogP contribution in [-0.4, -0.2) is 18.3 Å². The molecule has 0 radical (unpaired) electrons. The molecule has 1 heterocycles. The van der Waals surface area contributed by atoms with Gasteiger partial charge in [0.25, 0.3) is 0 Å². The lowest BCUT2D eigenvalue weighted by atomic mass is 10.0. The summed E-state index contributed by atoms with van der Waals surface area (Å²) in [4.78, 5) is 6.00. The number of methoxy groups -OCH3 is 1. The predicted molar refractivity (Wildman–Crippen MR) is 90.7 cm³/mol. The van der Waals surface area contributed by atoms with Crippen molar-refractivity contribution in [3.05, 3.63) is 38.8 Å². The van der Waals surface area contributed by atoms with E-state index in [9.17, 15) is 0 Å². The number of nitrogens with zero attached hydrogens (tertiary/aromatic N) is 2. The molecule has 0 atom stereocenters. The van der Waals surface area contributed by atoms with Crippen LogP contribution in [0.15, 0.2) is 27.8 Å². The van der Waals surface area contributed by atoms with Gasteiger partial charge < -0.3 is 4.74 Å². The van der Waals surface area contributed by atoms with Gasteiger partial charge in [0.05, 0.1) is 23.5 Å². The van der Waals surface area contributed by atoms with Gasteiger partial charge in [-0.15, -0.1) is 11.3 Å². The molecule has 0 bridgehead atoms. The van der Waals surface area contributed by atoms with Crippen LogP contribution in [0.2, 0.25) is 0 Å². The smallest absolute Gasteiger partial charge is 0.203 e. The summed E-state index contributed by atoms with van der Waals surface area (Å²) in [5.41, 5.74) is 5.27. The van der Waals surface area contributed by atoms with E-state index in [1.807, 2.05) is 18.2 Å². The second-order valence-electron chi connectivity index (χ2n) is 4.86. The Kier molecular flexibility index (Phi) is 4.55. The van der Waals surface area contributed by atoms with Crippen LogP contribution in [0, 0.1) is 0 Å². The number of fused-ring (bicyclic) bond motifs is 1. The third-order valence-corrected chi connectivity index (χ3v) is 5.08. The summed E-state index contributed by atoms with van der Waals surface area (Å²) in [6.45, 7) is 0. The van der Waals surface area contributed by atoms with Crippen LogP contribution in [0.5, 0.6) is 5.75 Å². The predicted octanol–water partition coefficient (Wildman–Crippen LogP) is 4.24. The lowest BCUT2D eigenvalue weighted by Gasteiger charge is -2.06. The highest BCUT2D eigenvalue weighted by Gasteiger charge is 2.14. The quantitative estimate of drug-likeness (QED) is 0.650. The number of nitrogens with one attached hydrogen (secondary N) is 1. The van der Waals surface area contributed by atoms with E-state index in [1.165, 1.54) is 23.4 Å². The van der Waals surface area contributed by atoms with Crippen molar-refractivity contribution in [1.82, 2.24) is 4.98 Å². The van der Waals surface area contributed by atoms with Crippen molar-refractivity contribution in [1.29, 1.82) is 0 Å². The molecular weight excluding hydrogens is 350 g/mol. The molecular formula is C15H16BrN3OS. The minimum atomic E-state index is 0.813. The fourth-order valence-corrected chi connectivity index (χ4v) is 3.88. The van der Waals surface area contributed by atoms with Crippen LogP contribution >= 0.6 is 27.3 Å². The minimum Gasteiger partial charge on any atom is -0.496 e. The molecule has 0 spiro atoms. The first kappa shape index (κ1) is 14.5. The molecule has 2 aromatic rings. The number of halogens is 1. The standard InChI is InChI=1S/C15H16BrN3OS/c1-20-13-7-6-10(8-11(13)16)9-17-19-15-18-12-4-2-3-5-14(12)21-15/h6-9H,2-5H2,1H3,(H,18,19)/b17-9+. The van der Waals surface area contributed by atoms with E-state index < -0.39 is 0 Å². The molecule has 1 N–H and O–H groups in total. The van der Waals surface area contributed by atoms with Gasteiger partial charge in [-0.1, -0.05) is 0 Å². The lowest BCUT2D eigenvalue weighted by Crippen LogP contribution is -1.99. The van der Waals surface area contributed by atoms with Gasteiger partial charge in [-0.25, -0.2) is 4.98 Å². The highest BCUT2D eigenvalue weighted by molar-refractivity contribution is 9.10. The van der Waals surface area contributed by atoms with Crippen molar-refractivity contribution < 1.29 is 4.74 Å². The van der Waals surface area contributed by atoms with Crippen LogP contribution in [0.25, 0.3) is 0 Å². The molecule has 0 aliphatic heterocycles. The molecule has 21 heavy (non-hydrogen) atoms. The Hall–Kier alpha value is -1.40. The maximum absolute atomic E-state index is 5.20. The Balaban J connectivity index is 1.66. The molecule has 1 aromatic heterocycles. The molecule has 0 saturated heterocycles. The average molecular weight is 366 g/mol. The molecule has 0 saturated carbocycles. The van der Waals surface area contributed by atoms with E-state index >= 15 is 0 Å². The van der Waals surface area contributed by atoms with Gasteiger partial charge in [0.15, 0.2) is 0 Å². The van der Waals surface area contributed by atoms with Crippen LogP contribution < -0.4 is 10.2 Å². The van der Waals surface area contributed by atoms with E-state index in [-0.39, 0.29) is 0 Å². The highest BCUT2D eigenvalue weighted by atomic mass is 79.9. The Labute approximate surface area is 136 Å². The van der Waals surface area contributed by atoms with Crippen molar-refractivity contribution in [3.63, 3.8) is 0 Å². The van der Waals surface area contributed by atoms with Crippen molar-refractivity contribution in [3.8, 4) is 5.75 Å². The second-order valence-corrected chi connectivity index (χ2v) is 6.80. The molecule has 110 valence electrons. The zero-order valence-corrected chi connectivity index (χ0v) is 14.1. The van der Waals surface area contributed by atoms with E-state index in [2.05, 4.69) is 31.4 Å². The van der Waals surface area contributed by atoms with Gasteiger partial charge in [0, 0.05) is 4.88 Å². The fraction of sp³-hybridized carbons (Fsp3) is 0.333. The number of rotatable bonds is 4. The molecule has 0 fully saturated rings. The number of hydrogen-bond acceptors (Lipinski definition) is 5. The molecule has 4 nitrogen and oxygen atoms in total. The summed E-state index contributed by atoms with van der Waals surface area (Å²) in [6.07, 6.45) is 6.56.